The van der Waals surface area contributed by atoms with Crippen LogP contribution in [-0.2, 0) is 11.2 Å². The fourth-order valence-corrected chi connectivity index (χ4v) is 3.99. The van der Waals surface area contributed by atoms with Gasteiger partial charge in [0, 0.05) is 41.1 Å². The molecule has 174 valence electrons. The minimum absolute atomic E-state index is 0.0994. The Morgan fingerprint density at radius 3 is 2.83 bits per heavy atom. The van der Waals surface area contributed by atoms with Gasteiger partial charge in [-0.05, 0) is 30.7 Å². The van der Waals surface area contributed by atoms with Gasteiger partial charge in [-0.3, -0.25) is 19.6 Å². The van der Waals surface area contributed by atoms with E-state index in [0.29, 0.717) is 27.8 Å². The number of anilines is 1. The summed E-state index contributed by atoms with van der Waals surface area (Å²) in [5, 5.41) is 14.0. The summed E-state index contributed by atoms with van der Waals surface area (Å²) in [4.78, 5) is 42.8. The molecule has 5 rings (SSSR count). The lowest BCUT2D eigenvalue weighted by molar-refractivity contribution is -0.115. The van der Waals surface area contributed by atoms with E-state index >= 15 is 0 Å². The van der Waals surface area contributed by atoms with Crippen molar-refractivity contribution in [2.45, 2.75) is 19.4 Å². The molecule has 0 saturated carbocycles. The van der Waals surface area contributed by atoms with Crippen molar-refractivity contribution in [2.75, 3.05) is 11.9 Å². The minimum Gasteiger partial charge on any atom is -0.394 e. The molecule has 0 unspecified atom stereocenters. The zero-order valence-corrected chi connectivity index (χ0v) is 18.9. The quantitative estimate of drug-likeness (QED) is 0.353. The van der Waals surface area contributed by atoms with Crippen molar-refractivity contribution in [3.63, 3.8) is 0 Å². The molecule has 0 saturated heterocycles. The number of benzene rings is 1. The largest absolute Gasteiger partial charge is 0.394 e. The highest BCUT2D eigenvalue weighted by atomic mass is 16.3. The molecule has 2 N–H and O–H groups in total. The molecule has 0 aliphatic carbocycles. The lowest BCUT2D eigenvalue weighted by atomic mass is 10.1. The summed E-state index contributed by atoms with van der Waals surface area (Å²) in [6.07, 6.45) is 9.48. The molecular weight excluding hydrogens is 444 g/mol. The topological polar surface area (TPSA) is 123 Å². The number of ketones is 1. The molecule has 9 heteroatoms. The molecule has 1 atom stereocenters. The SMILES string of the molecule is C[C@H](CO)n1cc(C(=O)c2cncc(NC(=O)Cc3ccc4cccnc4c3)c2)c2cncnc21. The number of fused-ring (bicyclic) bond motifs is 2. The van der Waals surface area contributed by atoms with Crippen molar-refractivity contribution in [3.05, 3.63) is 90.4 Å². The van der Waals surface area contributed by atoms with Gasteiger partial charge in [0.1, 0.15) is 12.0 Å². The molecule has 1 amide bonds. The number of nitrogens with one attached hydrogen (secondary N) is 1. The third-order valence-corrected chi connectivity index (χ3v) is 5.80. The summed E-state index contributed by atoms with van der Waals surface area (Å²) in [6.45, 7) is 1.73. The van der Waals surface area contributed by atoms with Gasteiger partial charge in [-0.15, -0.1) is 0 Å². The van der Waals surface area contributed by atoms with Crippen LogP contribution in [0.5, 0.6) is 0 Å². The van der Waals surface area contributed by atoms with Gasteiger partial charge in [0.15, 0.2) is 5.78 Å². The molecule has 35 heavy (non-hydrogen) atoms. The van der Waals surface area contributed by atoms with Crippen LogP contribution in [-0.4, -0.2) is 47.9 Å². The molecular formula is C26H22N6O3. The van der Waals surface area contributed by atoms with E-state index in [1.54, 1.807) is 29.2 Å². The molecule has 4 heterocycles. The Hall–Kier alpha value is -4.50. The van der Waals surface area contributed by atoms with Gasteiger partial charge in [-0.25, -0.2) is 9.97 Å². The van der Waals surface area contributed by atoms with Crippen LogP contribution in [0.4, 0.5) is 5.69 Å². The summed E-state index contributed by atoms with van der Waals surface area (Å²) in [5.74, 6) is -0.508. The van der Waals surface area contributed by atoms with E-state index in [0.717, 1.165) is 16.5 Å². The molecule has 0 spiro atoms. The monoisotopic (exact) mass is 466 g/mol. The predicted octanol–water partition coefficient (Wildman–Crippen LogP) is 3.34. The molecule has 0 bridgehead atoms. The van der Waals surface area contributed by atoms with Gasteiger partial charge < -0.3 is 15.0 Å². The smallest absolute Gasteiger partial charge is 0.228 e. The van der Waals surface area contributed by atoms with E-state index in [9.17, 15) is 14.7 Å². The van der Waals surface area contributed by atoms with Crippen LogP contribution in [0.25, 0.3) is 21.9 Å². The third kappa shape index (κ3) is 4.49. The molecule has 4 aromatic heterocycles. The lowest BCUT2D eigenvalue weighted by Gasteiger charge is -2.10. The Bertz CT molecular complexity index is 1560. The second kappa shape index (κ2) is 9.40. The van der Waals surface area contributed by atoms with Crippen molar-refractivity contribution in [3.8, 4) is 0 Å². The minimum atomic E-state index is -0.280. The number of rotatable bonds is 7. The highest BCUT2D eigenvalue weighted by molar-refractivity contribution is 6.16. The van der Waals surface area contributed by atoms with Crippen molar-refractivity contribution in [1.82, 2.24) is 24.5 Å². The summed E-state index contributed by atoms with van der Waals surface area (Å²) in [7, 11) is 0. The van der Waals surface area contributed by atoms with Crippen molar-refractivity contribution < 1.29 is 14.7 Å². The second-order valence-electron chi connectivity index (χ2n) is 8.29. The average molecular weight is 467 g/mol. The molecule has 9 nitrogen and oxygen atoms in total. The van der Waals surface area contributed by atoms with E-state index in [4.69, 9.17) is 0 Å². The first-order chi connectivity index (χ1) is 17.0. The Morgan fingerprint density at radius 2 is 1.97 bits per heavy atom. The first-order valence-corrected chi connectivity index (χ1v) is 11.1. The summed E-state index contributed by atoms with van der Waals surface area (Å²) in [6, 6.07) is 10.9. The van der Waals surface area contributed by atoms with Crippen LogP contribution in [0.2, 0.25) is 0 Å². The van der Waals surface area contributed by atoms with E-state index in [-0.39, 0.29) is 30.8 Å². The molecule has 1 aromatic carbocycles. The van der Waals surface area contributed by atoms with E-state index in [2.05, 4.69) is 25.3 Å². The number of aliphatic hydroxyl groups excluding tert-OH is 1. The first kappa shape index (κ1) is 22.3. The first-order valence-electron chi connectivity index (χ1n) is 11.1. The lowest BCUT2D eigenvalue weighted by Crippen LogP contribution is -2.15. The van der Waals surface area contributed by atoms with Gasteiger partial charge in [0.2, 0.25) is 5.91 Å². The number of carbonyl (C=O) groups excluding carboxylic acids is 2. The van der Waals surface area contributed by atoms with Crippen LogP contribution in [0, 0.1) is 0 Å². The van der Waals surface area contributed by atoms with Gasteiger partial charge in [-0.2, -0.15) is 0 Å². The van der Waals surface area contributed by atoms with E-state index in [1.807, 2.05) is 37.3 Å². The van der Waals surface area contributed by atoms with Gasteiger partial charge in [-0.1, -0.05) is 18.2 Å². The number of carbonyl (C=O) groups is 2. The maximum absolute atomic E-state index is 13.3. The summed E-state index contributed by atoms with van der Waals surface area (Å²) < 4.78 is 1.75. The molecule has 0 aliphatic heterocycles. The van der Waals surface area contributed by atoms with Crippen LogP contribution < -0.4 is 5.32 Å². The van der Waals surface area contributed by atoms with Gasteiger partial charge in [0.05, 0.1) is 42.0 Å². The Balaban J connectivity index is 1.37. The fraction of sp³-hybridized carbons (Fsp3) is 0.154. The number of aromatic nitrogens is 5. The van der Waals surface area contributed by atoms with Crippen molar-refractivity contribution in [1.29, 1.82) is 0 Å². The second-order valence-corrected chi connectivity index (χ2v) is 8.29. The maximum Gasteiger partial charge on any atom is 0.228 e. The van der Waals surface area contributed by atoms with Crippen molar-refractivity contribution >= 4 is 39.3 Å². The number of amides is 1. The molecule has 0 aliphatic rings. The van der Waals surface area contributed by atoms with Crippen LogP contribution in [0.3, 0.4) is 0 Å². The van der Waals surface area contributed by atoms with Crippen LogP contribution in [0.1, 0.15) is 34.5 Å². The highest BCUT2D eigenvalue weighted by Gasteiger charge is 2.20. The number of aliphatic hydroxyl groups is 1. The van der Waals surface area contributed by atoms with Gasteiger partial charge in [0.25, 0.3) is 0 Å². The number of nitrogens with zero attached hydrogens (tertiary/aromatic N) is 5. The Kier molecular flexibility index (Phi) is 5.99. The standard InChI is InChI=1S/C26H22N6O3/c1-16(14-33)32-13-22(21-12-28-15-30-26(21)32)25(35)19-9-20(11-27-10-19)31-24(34)8-17-4-5-18-3-2-6-29-23(18)7-17/h2-7,9-13,15-16,33H,8,14H2,1H3,(H,31,34)/t16-/m1/s1. The highest BCUT2D eigenvalue weighted by Crippen LogP contribution is 2.25. The predicted molar refractivity (Wildman–Crippen MR) is 131 cm³/mol. The van der Waals surface area contributed by atoms with E-state index in [1.165, 1.54) is 18.7 Å². The fourth-order valence-electron chi connectivity index (χ4n) is 3.99. The number of pyridine rings is 2. The summed E-state index contributed by atoms with van der Waals surface area (Å²) in [5.41, 5.74) is 3.35. The Morgan fingerprint density at radius 1 is 1.09 bits per heavy atom. The van der Waals surface area contributed by atoms with Crippen LogP contribution >= 0.6 is 0 Å². The summed E-state index contributed by atoms with van der Waals surface area (Å²) >= 11 is 0. The molecule has 0 fully saturated rings. The average Bonchev–Trinajstić information content (AvgIpc) is 3.27. The zero-order chi connectivity index (χ0) is 24.4. The van der Waals surface area contributed by atoms with Gasteiger partial charge >= 0.3 is 0 Å². The number of hydrogen-bond donors (Lipinski definition) is 2. The number of hydrogen-bond acceptors (Lipinski definition) is 7. The third-order valence-electron chi connectivity index (χ3n) is 5.80. The Labute approximate surface area is 200 Å². The maximum atomic E-state index is 13.3. The van der Waals surface area contributed by atoms with E-state index < -0.39 is 0 Å². The molecule has 5 aromatic rings. The normalized spacial score (nSPS) is 12.1. The van der Waals surface area contributed by atoms with Crippen LogP contribution in [0.15, 0.2) is 73.7 Å². The van der Waals surface area contributed by atoms with Crippen molar-refractivity contribution in [2.24, 2.45) is 0 Å². The zero-order valence-electron chi connectivity index (χ0n) is 18.9. The molecule has 0 radical (unpaired) electrons.